The van der Waals surface area contributed by atoms with Crippen LogP contribution in [0, 0.1) is 0 Å². The molecule has 2 aromatic carbocycles. The van der Waals surface area contributed by atoms with Crippen LogP contribution in [0.2, 0.25) is 5.02 Å². The van der Waals surface area contributed by atoms with Crippen molar-refractivity contribution in [3.63, 3.8) is 0 Å². The van der Waals surface area contributed by atoms with Crippen molar-refractivity contribution in [3.05, 3.63) is 62.0 Å². The highest BCUT2D eigenvalue weighted by molar-refractivity contribution is 9.10. The SMILES string of the molecule is Cn1c(=O)oc2cc(NC(=O)c3ccc(Cl)c(Br)c3)ccc21. The van der Waals surface area contributed by atoms with Crippen molar-refractivity contribution >= 4 is 50.2 Å². The van der Waals surface area contributed by atoms with Crippen LogP contribution in [0.25, 0.3) is 11.1 Å². The zero-order chi connectivity index (χ0) is 15.9. The first-order valence-corrected chi connectivity index (χ1v) is 7.49. The van der Waals surface area contributed by atoms with E-state index in [1.807, 2.05) is 0 Å². The molecule has 1 heterocycles. The van der Waals surface area contributed by atoms with E-state index >= 15 is 0 Å². The number of rotatable bonds is 2. The number of oxazole rings is 1. The van der Waals surface area contributed by atoms with Crippen molar-refractivity contribution in [2.24, 2.45) is 7.05 Å². The predicted octanol–water partition coefficient (Wildman–Crippen LogP) is 3.80. The first-order chi connectivity index (χ1) is 10.5. The highest BCUT2D eigenvalue weighted by Crippen LogP contribution is 2.24. The lowest BCUT2D eigenvalue weighted by Crippen LogP contribution is -2.11. The van der Waals surface area contributed by atoms with Crippen molar-refractivity contribution < 1.29 is 9.21 Å². The van der Waals surface area contributed by atoms with Gasteiger partial charge in [-0.3, -0.25) is 9.36 Å². The van der Waals surface area contributed by atoms with Crippen molar-refractivity contribution in [1.29, 1.82) is 0 Å². The zero-order valence-electron chi connectivity index (χ0n) is 11.4. The molecule has 0 saturated carbocycles. The molecule has 1 N–H and O–H groups in total. The molecular formula is C15H10BrClN2O3. The highest BCUT2D eigenvalue weighted by Gasteiger charge is 2.11. The van der Waals surface area contributed by atoms with Crippen LogP contribution in [-0.4, -0.2) is 10.5 Å². The third kappa shape index (κ3) is 2.67. The number of carbonyl (C=O) groups excluding carboxylic acids is 1. The number of aromatic nitrogens is 1. The van der Waals surface area contributed by atoms with Gasteiger partial charge in [0.2, 0.25) is 0 Å². The van der Waals surface area contributed by atoms with Gasteiger partial charge in [0.25, 0.3) is 5.91 Å². The number of nitrogens with one attached hydrogen (secondary N) is 1. The third-order valence-corrected chi connectivity index (χ3v) is 4.45. The predicted molar refractivity (Wildman–Crippen MR) is 88.6 cm³/mol. The van der Waals surface area contributed by atoms with Gasteiger partial charge in [0.15, 0.2) is 5.58 Å². The summed E-state index contributed by atoms with van der Waals surface area (Å²) in [5, 5.41) is 3.28. The van der Waals surface area contributed by atoms with Crippen LogP contribution < -0.4 is 11.1 Å². The minimum Gasteiger partial charge on any atom is -0.408 e. The first kappa shape index (κ1) is 14.9. The van der Waals surface area contributed by atoms with E-state index in [2.05, 4.69) is 21.2 Å². The Kier molecular flexibility index (Phi) is 3.80. The first-order valence-electron chi connectivity index (χ1n) is 6.31. The number of hydrogen-bond acceptors (Lipinski definition) is 3. The van der Waals surface area contributed by atoms with E-state index in [1.54, 1.807) is 43.4 Å². The maximum absolute atomic E-state index is 12.2. The molecule has 3 aromatic rings. The van der Waals surface area contributed by atoms with Gasteiger partial charge in [-0.2, -0.15) is 0 Å². The summed E-state index contributed by atoms with van der Waals surface area (Å²) in [6, 6.07) is 9.94. The molecule has 0 bridgehead atoms. The summed E-state index contributed by atoms with van der Waals surface area (Å²) in [5.41, 5.74) is 2.09. The summed E-state index contributed by atoms with van der Waals surface area (Å²) in [5.74, 6) is -0.727. The van der Waals surface area contributed by atoms with Crippen LogP contribution >= 0.6 is 27.5 Å². The lowest BCUT2D eigenvalue weighted by Gasteiger charge is -2.06. The molecule has 0 atom stereocenters. The van der Waals surface area contributed by atoms with Gasteiger partial charge in [0.1, 0.15) is 0 Å². The third-order valence-electron chi connectivity index (χ3n) is 3.23. The Morgan fingerprint density at radius 1 is 1.27 bits per heavy atom. The molecular weight excluding hydrogens is 372 g/mol. The molecule has 0 fully saturated rings. The van der Waals surface area contributed by atoms with E-state index in [1.165, 1.54) is 4.57 Å². The van der Waals surface area contributed by atoms with Gasteiger partial charge >= 0.3 is 5.76 Å². The average Bonchev–Trinajstić information content (AvgIpc) is 2.76. The molecule has 3 rings (SSSR count). The number of aryl methyl sites for hydroxylation is 1. The van der Waals surface area contributed by atoms with E-state index < -0.39 is 5.76 Å². The van der Waals surface area contributed by atoms with E-state index in [0.29, 0.717) is 31.8 Å². The molecule has 7 heteroatoms. The minimum atomic E-state index is -0.444. The summed E-state index contributed by atoms with van der Waals surface area (Å²) in [4.78, 5) is 23.7. The smallest absolute Gasteiger partial charge is 0.408 e. The molecule has 0 spiro atoms. The lowest BCUT2D eigenvalue weighted by atomic mass is 10.2. The van der Waals surface area contributed by atoms with Crippen molar-refractivity contribution in [2.45, 2.75) is 0 Å². The van der Waals surface area contributed by atoms with Crippen LogP contribution in [-0.2, 0) is 7.05 Å². The van der Waals surface area contributed by atoms with E-state index in [9.17, 15) is 9.59 Å². The van der Waals surface area contributed by atoms with Crippen molar-refractivity contribution in [2.75, 3.05) is 5.32 Å². The Morgan fingerprint density at radius 2 is 2.05 bits per heavy atom. The van der Waals surface area contributed by atoms with Crippen LogP contribution in [0.5, 0.6) is 0 Å². The number of hydrogen-bond donors (Lipinski definition) is 1. The van der Waals surface area contributed by atoms with Gasteiger partial charge in [0.05, 0.1) is 10.5 Å². The maximum Gasteiger partial charge on any atom is 0.419 e. The average molecular weight is 382 g/mol. The number of benzene rings is 2. The van der Waals surface area contributed by atoms with E-state index in [-0.39, 0.29) is 5.91 Å². The van der Waals surface area contributed by atoms with Crippen LogP contribution in [0.15, 0.2) is 50.1 Å². The molecule has 5 nitrogen and oxygen atoms in total. The largest absolute Gasteiger partial charge is 0.419 e. The van der Waals surface area contributed by atoms with Crippen LogP contribution in [0.1, 0.15) is 10.4 Å². The number of amides is 1. The fraction of sp³-hybridized carbons (Fsp3) is 0.0667. The molecule has 0 saturated heterocycles. The summed E-state index contributed by atoms with van der Waals surface area (Å²) >= 11 is 9.18. The van der Waals surface area contributed by atoms with Gasteiger partial charge in [-0.05, 0) is 46.3 Å². The van der Waals surface area contributed by atoms with E-state index in [0.717, 1.165) is 0 Å². The summed E-state index contributed by atoms with van der Waals surface area (Å²) in [6.07, 6.45) is 0. The molecule has 0 aliphatic heterocycles. The molecule has 0 aliphatic carbocycles. The standard InChI is InChI=1S/C15H10BrClN2O3/c1-19-12-5-3-9(7-13(12)22-15(19)21)18-14(20)8-2-4-11(17)10(16)6-8/h2-7H,1H3,(H,18,20). The molecule has 1 amide bonds. The normalized spacial score (nSPS) is 10.9. The van der Waals surface area contributed by atoms with Crippen molar-refractivity contribution in [3.8, 4) is 0 Å². The highest BCUT2D eigenvalue weighted by atomic mass is 79.9. The molecule has 0 aliphatic rings. The monoisotopic (exact) mass is 380 g/mol. The maximum atomic E-state index is 12.2. The number of halogens is 2. The van der Waals surface area contributed by atoms with Crippen molar-refractivity contribution in [1.82, 2.24) is 4.57 Å². The molecule has 0 unspecified atom stereocenters. The fourth-order valence-corrected chi connectivity index (χ4v) is 2.55. The van der Waals surface area contributed by atoms with Gasteiger partial charge in [0, 0.05) is 28.8 Å². The van der Waals surface area contributed by atoms with Gasteiger partial charge < -0.3 is 9.73 Å². The second-order valence-electron chi connectivity index (χ2n) is 4.69. The second kappa shape index (κ2) is 5.62. The van der Waals surface area contributed by atoms with Crippen LogP contribution in [0.4, 0.5) is 5.69 Å². The molecule has 1 aromatic heterocycles. The van der Waals surface area contributed by atoms with Gasteiger partial charge in [-0.1, -0.05) is 11.6 Å². The molecule has 22 heavy (non-hydrogen) atoms. The topological polar surface area (TPSA) is 64.2 Å². The fourth-order valence-electron chi connectivity index (χ4n) is 2.05. The van der Waals surface area contributed by atoms with E-state index in [4.69, 9.17) is 16.0 Å². The molecule has 112 valence electrons. The van der Waals surface area contributed by atoms with Crippen LogP contribution in [0.3, 0.4) is 0 Å². The minimum absolute atomic E-state index is 0.282. The van der Waals surface area contributed by atoms with Gasteiger partial charge in [-0.15, -0.1) is 0 Å². The Hall–Kier alpha value is -2.05. The Labute approximate surface area is 138 Å². The number of anilines is 1. The summed E-state index contributed by atoms with van der Waals surface area (Å²) in [7, 11) is 1.62. The Bertz CT molecular complexity index is 946. The quantitative estimate of drug-likeness (QED) is 0.734. The molecule has 0 radical (unpaired) electrons. The summed E-state index contributed by atoms with van der Waals surface area (Å²) < 4.78 is 7.14. The number of fused-ring (bicyclic) bond motifs is 1. The Balaban J connectivity index is 1.90. The summed E-state index contributed by atoms with van der Waals surface area (Å²) in [6.45, 7) is 0. The number of nitrogens with zero attached hydrogens (tertiary/aromatic N) is 1. The number of carbonyl (C=O) groups is 1. The Morgan fingerprint density at radius 3 is 2.77 bits per heavy atom. The zero-order valence-corrected chi connectivity index (χ0v) is 13.7. The second-order valence-corrected chi connectivity index (χ2v) is 5.95. The lowest BCUT2D eigenvalue weighted by molar-refractivity contribution is 0.102. The van der Waals surface area contributed by atoms with Gasteiger partial charge in [-0.25, -0.2) is 4.79 Å².